The molecule has 2 heterocycles. The fraction of sp³-hybridized carbons (Fsp3) is 0.300. The van der Waals surface area contributed by atoms with Crippen molar-refractivity contribution >= 4 is 11.7 Å². The predicted molar refractivity (Wildman–Crippen MR) is 51.9 cm³/mol. The van der Waals surface area contributed by atoms with Gasteiger partial charge in [0.1, 0.15) is 6.07 Å². The summed E-state index contributed by atoms with van der Waals surface area (Å²) in [6.45, 7) is 0.213. The summed E-state index contributed by atoms with van der Waals surface area (Å²) in [6, 6.07) is 5.21. The van der Waals surface area contributed by atoms with Gasteiger partial charge in [0.2, 0.25) is 5.91 Å². The molecule has 0 aromatic carbocycles. The van der Waals surface area contributed by atoms with Crippen LogP contribution in [-0.4, -0.2) is 28.6 Å². The maximum Gasteiger partial charge on any atom is 0.230 e. The van der Waals surface area contributed by atoms with E-state index in [4.69, 9.17) is 5.26 Å². The fourth-order valence-corrected chi connectivity index (χ4v) is 1.59. The first kappa shape index (κ1) is 9.62. The quantitative estimate of drug-likeness (QED) is 0.699. The third-order valence-electron chi connectivity index (χ3n) is 2.27. The summed E-state index contributed by atoms with van der Waals surface area (Å²) in [5.74, 6) is 0.138. The van der Waals surface area contributed by atoms with Crippen LogP contribution in [0.15, 0.2) is 18.3 Å². The number of carbonyl (C=O) groups excluding carboxylic acids is 1. The molecule has 0 radical (unpaired) electrons. The first-order chi connectivity index (χ1) is 7.22. The van der Waals surface area contributed by atoms with Crippen LogP contribution < -0.4 is 4.90 Å². The minimum Gasteiger partial charge on any atom is -0.391 e. The molecule has 1 fully saturated rings. The molecule has 5 nitrogen and oxygen atoms in total. The molecule has 0 aliphatic carbocycles. The largest absolute Gasteiger partial charge is 0.391 e. The summed E-state index contributed by atoms with van der Waals surface area (Å²) in [5, 5.41) is 18.2. The average molecular weight is 203 g/mol. The Balaban J connectivity index is 2.38. The molecule has 1 aromatic heterocycles. The Bertz CT molecular complexity index is 439. The van der Waals surface area contributed by atoms with E-state index in [0.717, 1.165) is 0 Å². The minimum atomic E-state index is -0.661. The Kier molecular flexibility index (Phi) is 2.35. The van der Waals surface area contributed by atoms with Crippen LogP contribution in [-0.2, 0) is 4.79 Å². The smallest absolute Gasteiger partial charge is 0.230 e. The van der Waals surface area contributed by atoms with E-state index in [9.17, 15) is 9.90 Å². The summed E-state index contributed by atoms with van der Waals surface area (Å²) >= 11 is 0. The number of nitriles is 1. The first-order valence-corrected chi connectivity index (χ1v) is 4.56. The number of carbonyl (C=O) groups is 1. The van der Waals surface area contributed by atoms with Crippen molar-refractivity contribution in [2.45, 2.75) is 12.5 Å². The van der Waals surface area contributed by atoms with Crippen molar-refractivity contribution in [2.24, 2.45) is 0 Å². The lowest BCUT2D eigenvalue weighted by molar-refractivity contribution is -0.117. The molecule has 2 rings (SSSR count). The number of rotatable bonds is 1. The molecule has 0 bridgehead atoms. The van der Waals surface area contributed by atoms with Crippen LogP contribution in [0.25, 0.3) is 0 Å². The number of aliphatic hydroxyl groups excluding tert-OH is 1. The van der Waals surface area contributed by atoms with Crippen LogP contribution in [0.3, 0.4) is 0 Å². The lowest BCUT2D eigenvalue weighted by atomic mass is 10.2. The van der Waals surface area contributed by atoms with E-state index in [1.165, 1.54) is 11.1 Å². The summed E-state index contributed by atoms with van der Waals surface area (Å²) in [7, 11) is 0. The van der Waals surface area contributed by atoms with Gasteiger partial charge in [0.05, 0.1) is 24.6 Å². The molecule has 1 aromatic rings. The third kappa shape index (κ3) is 1.67. The lowest BCUT2D eigenvalue weighted by Gasteiger charge is -2.15. The normalized spacial score (nSPS) is 20.4. The molecule has 76 valence electrons. The molecule has 1 atom stereocenters. The summed E-state index contributed by atoms with van der Waals surface area (Å²) in [5.41, 5.74) is 0.347. The van der Waals surface area contributed by atoms with Gasteiger partial charge in [-0.05, 0) is 12.1 Å². The number of amides is 1. The lowest BCUT2D eigenvalue weighted by Crippen LogP contribution is -2.27. The third-order valence-corrected chi connectivity index (χ3v) is 2.27. The van der Waals surface area contributed by atoms with Crippen molar-refractivity contribution < 1.29 is 9.90 Å². The average Bonchev–Trinajstić information content (AvgIpc) is 2.57. The van der Waals surface area contributed by atoms with Crippen molar-refractivity contribution in [1.82, 2.24) is 4.98 Å². The minimum absolute atomic E-state index is 0.0987. The molecule has 0 saturated carbocycles. The molecular weight excluding hydrogens is 194 g/mol. The molecule has 0 spiro atoms. The Hall–Kier alpha value is -1.93. The van der Waals surface area contributed by atoms with Crippen molar-refractivity contribution in [3.63, 3.8) is 0 Å². The van der Waals surface area contributed by atoms with Crippen LogP contribution in [0.5, 0.6) is 0 Å². The van der Waals surface area contributed by atoms with E-state index in [1.54, 1.807) is 12.1 Å². The number of hydrogen-bond donors (Lipinski definition) is 1. The van der Waals surface area contributed by atoms with Crippen LogP contribution in [0.2, 0.25) is 0 Å². The molecule has 15 heavy (non-hydrogen) atoms. The van der Waals surface area contributed by atoms with Crippen LogP contribution in [0.4, 0.5) is 5.82 Å². The SMILES string of the molecule is N#Cc1cccnc1N1CC(O)CC1=O. The maximum absolute atomic E-state index is 11.5. The van der Waals surface area contributed by atoms with Gasteiger partial charge in [0, 0.05) is 6.20 Å². The number of pyridine rings is 1. The highest BCUT2D eigenvalue weighted by molar-refractivity contribution is 5.96. The second-order valence-electron chi connectivity index (χ2n) is 3.35. The zero-order valence-electron chi connectivity index (χ0n) is 7.92. The van der Waals surface area contributed by atoms with Gasteiger partial charge < -0.3 is 5.11 Å². The van der Waals surface area contributed by atoms with E-state index >= 15 is 0 Å². The van der Waals surface area contributed by atoms with Crippen molar-refractivity contribution in [3.05, 3.63) is 23.9 Å². The molecule has 1 amide bonds. The topological polar surface area (TPSA) is 77.2 Å². The molecular formula is C10H9N3O2. The molecule has 1 unspecified atom stereocenters. The molecule has 1 aliphatic heterocycles. The zero-order valence-corrected chi connectivity index (χ0v) is 7.92. The first-order valence-electron chi connectivity index (χ1n) is 4.56. The Labute approximate surface area is 86.6 Å². The second-order valence-corrected chi connectivity index (χ2v) is 3.35. The molecule has 1 saturated heterocycles. The van der Waals surface area contributed by atoms with Gasteiger partial charge in [0.25, 0.3) is 0 Å². The van der Waals surface area contributed by atoms with Crippen molar-refractivity contribution in [2.75, 3.05) is 11.4 Å². The zero-order chi connectivity index (χ0) is 10.8. The monoisotopic (exact) mass is 203 g/mol. The van der Waals surface area contributed by atoms with E-state index < -0.39 is 6.10 Å². The van der Waals surface area contributed by atoms with E-state index in [1.807, 2.05) is 6.07 Å². The summed E-state index contributed by atoms with van der Waals surface area (Å²) < 4.78 is 0. The highest BCUT2D eigenvalue weighted by Gasteiger charge is 2.31. The van der Waals surface area contributed by atoms with Crippen LogP contribution in [0.1, 0.15) is 12.0 Å². The van der Waals surface area contributed by atoms with Gasteiger partial charge in [-0.25, -0.2) is 4.98 Å². The number of anilines is 1. The maximum atomic E-state index is 11.5. The van der Waals surface area contributed by atoms with Gasteiger partial charge in [-0.2, -0.15) is 5.26 Å². The van der Waals surface area contributed by atoms with Gasteiger partial charge in [0.15, 0.2) is 5.82 Å². The second kappa shape index (κ2) is 3.67. The van der Waals surface area contributed by atoms with Gasteiger partial charge >= 0.3 is 0 Å². The van der Waals surface area contributed by atoms with Crippen molar-refractivity contribution in [3.8, 4) is 6.07 Å². The number of hydrogen-bond acceptors (Lipinski definition) is 4. The van der Waals surface area contributed by atoms with E-state index in [0.29, 0.717) is 11.4 Å². The Morgan fingerprint density at radius 1 is 1.67 bits per heavy atom. The standard InChI is InChI=1S/C10H9N3O2/c11-5-7-2-1-3-12-10(7)13-6-8(14)4-9(13)15/h1-3,8,14H,4,6H2. The van der Waals surface area contributed by atoms with Gasteiger partial charge in [-0.3, -0.25) is 9.69 Å². The van der Waals surface area contributed by atoms with E-state index in [2.05, 4.69) is 4.98 Å². The Morgan fingerprint density at radius 3 is 3.07 bits per heavy atom. The summed E-state index contributed by atoms with van der Waals surface area (Å²) in [6.07, 6.45) is 0.960. The Morgan fingerprint density at radius 2 is 2.47 bits per heavy atom. The van der Waals surface area contributed by atoms with Crippen LogP contribution >= 0.6 is 0 Å². The predicted octanol–water partition coefficient (Wildman–Crippen LogP) is 0.0509. The number of nitrogens with zero attached hydrogens (tertiary/aromatic N) is 3. The van der Waals surface area contributed by atoms with Crippen molar-refractivity contribution in [1.29, 1.82) is 5.26 Å². The number of β-amino-alcohol motifs (C(OH)–C–C–N with tert-alkyl or cyclic N) is 1. The fourth-order valence-electron chi connectivity index (χ4n) is 1.59. The van der Waals surface area contributed by atoms with E-state index in [-0.39, 0.29) is 18.9 Å². The number of aromatic nitrogens is 1. The molecule has 1 aliphatic rings. The van der Waals surface area contributed by atoms with Gasteiger partial charge in [-0.1, -0.05) is 0 Å². The highest BCUT2D eigenvalue weighted by Crippen LogP contribution is 2.22. The van der Waals surface area contributed by atoms with Gasteiger partial charge in [-0.15, -0.1) is 0 Å². The number of aliphatic hydroxyl groups is 1. The molecule has 1 N–H and O–H groups in total. The molecule has 5 heteroatoms. The highest BCUT2D eigenvalue weighted by atomic mass is 16.3. The van der Waals surface area contributed by atoms with Crippen LogP contribution in [0, 0.1) is 11.3 Å². The summed E-state index contributed by atoms with van der Waals surface area (Å²) in [4.78, 5) is 16.8.